The summed E-state index contributed by atoms with van der Waals surface area (Å²) in [6.07, 6.45) is -0.990. The predicted molar refractivity (Wildman–Crippen MR) is 99.3 cm³/mol. The second-order valence-electron chi connectivity index (χ2n) is 6.34. The number of hydrogen-bond donors (Lipinski definition) is 0. The van der Waals surface area contributed by atoms with Gasteiger partial charge in [0, 0.05) is 12.2 Å². The SMILES string of the molecule is C[C@H](OC(=O)[C@@H](C)Oc1ccc(C#N)cc1)C(=O)N1CCc2ccccc21. The van der Waals surface area contributed by atoms with Gasteiger partial charge in [0.15, 0.2) is 12.2 Å². The molecule has 0 spiro atoms. The molecule has 1 amide bonds. The Labute approximate surface area is 157 Å². The van der Waals surface area contributed by atoms with E-state index in [1.54, 1.807) is 43.0 Å². The van der Waals surface area contributed by atoms with Gasteiger partial charge < -0.3 is 14.4 Å². The molecular formula is C21H20N2O4. The Morgan fingerprint density at radius 3 is 2.48 bits per heavy atom. The molecule has 2 aromatic rings. The summed E-state index contributed by atoms with van der Waals surface area (Å²) in [6.45, 7) is 3.70. The van der Waals surface area contributed by atoms with E-state index in [0.717, 1.165) is 17.7 Å². The minimum atomic E-state index is -0.907. The fourth-order valence-corrected chi connectivity index (χ4v) is 2.97. The summed E-state index contributed by atoms with van der Waals surface area (Å²) in [5.41, 5.74) is 2.48. The number of hydrogen-bond acceptors (Lipinski definition) is 5. The Bertz CT molecular complexity index is 886. The van der Waals surface area contributed by atoms with Gasteiger partial charge in [-0.15, -0.1) is 0 Å². The summed E-state index contributed by atoms with van der Waals surface area (Å²) in [4.78, 5) is 26.6. The number of para-hydroxylation sites is 1. The van der Waals surface area contributed by atoms with Crippen LogP contribution in [-0.4, -0.2) is 30.6 Å². The van der Waals surface area contributed by atoms with Gasteiger partial charge in [0.2, 0.25) is 0 Å². The number of carbonyl (C=O) groups is 2. The molecule has 1 aliphatic rings. The van der Waals surface area contributed by atoms with Crippen molar-refractivity contribution in [1.82, 2.24) is 0 Å². The van der Waals surface area contributed by atoms with Gasteiger partial charge in [-0.3, -0.25) is 4.79 Å². The van der Waals surface area contributed by atoms with E-state index in [-0.39, 0.29) is 5.91 Å². The van der Waals surface area contributed by atoms with Crippen LogP contribution in [0.1, 0.15) is 25.0 Å². The quantitative estimate of drug-likeness (QED) is 0.762. The molecule has 27 heavy (non-hydrogen) atoms. The Morgan fingerprint density at radius 2 is 1.78 bits per heavy atom. The lowest BCUT2D eigenvalue weighted by Gasteiger charge is -2.23. The zero-order chi connectivity index (χ0) is 19.4. The van der Waals surface area contributed by atoms with Crippen LogP contribution in [-0.2, 0) is 20.7 Å². The van der Waals surface area contributed by atoms with Crippen molar-refractivity contribution in [2.75, 3.05) is 11.4 Å². The second kappa shape index (κ2) is 7.92. The number of benzene rings is 2. The maximum Gasteiger partial charge on any atom is 0.347 e. The highest BCUT2D eigenvalue weighted by molar-refractivity contribution is 5.99. The van der Waals surface area contributed by atoms with Crippen LogP contribution >= 0.6 is 0 Å². The summed E-state index contributed by atoms with van der Waals surface area (Å²) in [6, 6.07) is 16.1. The number of esters is 1. The van der Waals surface area contributed by atoms with Crippen LogP contribution in [0.5, 0.6) is 5.75 Å². The molecular weight excluding hydrogens is 344 g/mol. The molecule has 0 fully saturated rings. The van der Waals surface area contributed by atoms with E-state index in [1.165, 1.54) is 0 Å². The van der Waals surface area contributed by atoms with E-state index in [0.29, 0.717) is 17.9 Å². The van der Waals surface area contributed by atoms with Gasteiger partial charge in [0.25, 0.3) is 5.91 Å². The number of nitrogens with zero attached hydrogens (tertiary/aromatic N) is 2. The summed E-state index contributed by atoms with van der Waals surface area (Å²) >= 11 is 0. The fourth-order valence-electron chi connectivity index (χ4n) is 2.97. The molecule has 2 atom stereocenters. The van der Waals surface area contributed by atoms with Gasteiger partial charge >= 0.3 is 5.97 Å². The highest BCUT2D eigenvalue weighted by atomic mass is 16.6. The van der Waals surface area contributed by atoms with Crippen molar-refractivity contribution in [1.29, 1.82) is 5.26 Å². The first-order valence-electron chi connectivity index (χ1n) is 8.76. The third-order valence-electron chi connectivity index (χ3n) is 4.42. The van der Waals surface area contributed by atoms with E-state index < -0.39 is 18.2 Å². The zero-order valence-corrected chi connectivity index (χ0v) is 15.2. The molecule has 0 bridgehead atoms. The van der Waals surface area contributed by atoms with Crippen LogP contribution in [0.3, 0.4) is 0 Å². The molecule has 3 rings (SSSR count). The first-order valence-corrected chi connectivity index (χ1v) is 8.76. The molecule has 0 unspecified atom stereocenters. The summed E-state index contributed by atoms with van der Waals surface area (Å²) in [5, 5.41) is 8.80. The number of amides is 1. The molecule has 0 aliphatic carbocycles. The maximum absolute atomic E-state index is 12.7. The Hall–Kier alpha value is -3.33. The van der Waals surface area contributed by atoms with Crippen molar-refractivity contribution in [3.05, 3.63) is 59.7 Å². The Kier molecular flexibility index (Phi) is 5.41. The number of fused-ring (bicyclic) bond motifs is 1. The lowest BCUT2D eigenvalue weighted by Crippen LogP contribution is -2.41. The largest absolute Gasteiger partial charge is 0.479 e. The highest BCUT2D eigenvalue weighted by Crippen LogP contribution is 2.28. The Balaban J connectivity index is 1.58. The third kappa shape index (κ3) is 4.09. The molecule has 1 heterocycles. The minimum absolute atomic E-state index is 0.251. The minimum Gasteiger partial charge on any atom is -0.479 e. The molecule has 0 saturated carbocycles. The lowest BCUT2D eigenvalue weighted by atomic mass is 10.2. The van der Waals surface area contributed by atoms with Crippen LogP contribution in [0, 0.1) is 11.3 Å². The first-order chi connectivity index (χ1) is 13.0. The molecule has 1 aliphatic heterocycles. The van der Waals surface area contributed by atoms with E-state index in [2.05, 4.69) is 0 Å². The summed E-state index contributed by atoms with van der Waals surface area (Å²) < 4.78 is 10.8. The van der Waals surface area contributed by atoms with Crippen molar-refractivity contribution in [3.63, 3.8) is 0 Å². The number of ether oxygens (including phenoxy) is 2. The molecule has 0 aromatic heterocycles. The second-order valence-corrected chi connectivity index (χ2v) is 6.34. The highest BCUT2D eigenvalue weighted by Gasteiger charge is 2.31. The van der Waals surface area contributed by atoms with Crippen molar-refractivity contribution in [2.45, 2.75) is 32.5 Å². The van der Waals surface area contributed by atoms with E-state index in [9.17, 15) is 9.59 Å². The van der Waals surface area contributed by atoms with E-state index in [4.69, 9.17) is 14.7 Å². The summed E-state index contributed by atoms with van der Waals surface area (Å²) in [7, 11) is 0. The van der Waals surface area contributed by atoms with Crippen LogP contribution in [0.2, 0.25) is 0 Å². The van der Waals surface area contributed by atoms with Crippen LogP contribution < -0.4 is 9.64 Å². The zero-order valence-electron chi connectivity index (χ0n) is 15.2. The Morgan fingerprint density at radius 1 is 1.07 bits per heavy atom. The predicted octanol–water partition coefficient (Wildman–Crippen LogP) is 2.85. The van der Waals surface area contributed by atoms with E-state index in [1.807, 2.05) is 30.3 Å². The number of carbonyl (C=O) groups excluding carboxylic acids is 2. The van der Waals surface area contributed by atoms with Gasteiger partial charge in [-0.05, 0) is 56.2 Å². The number of rotatable bonds is 5. The third-order valence-corrected chi connectivity index (χ3v) is 4.42. The van der Waals surface area contributed by atoms with Crippen molar-refractivity contribution < 1.29 is 19.1 Å². The van der Waals surface area contributed by atoms with Crippen LogP contribution in [0.4, 0.5) is 5.69 Å². The molecule has 0 saturated heterocycles. The average molecular weight is 364 g/mol. The molecule has 2 aromatic carbocycles. The molecule has 0 N–H and O–H groups in total. The normalized spacial score (nSPS) is 14.6. The topological polar surface area (TPSA) is 79.6 Å². The van der Waals surface area contributed by atoms with Gasteiger partial charge in [0.1, 0.15) is 5.75 Å². The molecule has 0 radical (unpaired) electrons. The molecule has 6 heteroatoms. The fraction of sp³-hybridized carbons (Fsp3) is 0.286. The van der Waals surface area contributed by atoms with Crippen LogP contribution in [0.15, 0.2) is 48.5 Å². The van der Waals surface area contributed by atoms with Gasteiger partial charge in [-0.25, -0.2) is 4.79 Å². The monoisotopic (exact) mass is 364 g/mol. The number of nitriles is 1. The van der Waals surface area contributed by atoms with E-state index >= 15 is 0 Å². The van der Waals surface area contributed by atoms with Gasteiger partial charge in [0.05, 0.1) is 11.6 Å². The average Bonchev–Trinajstić information content (AvgIpc) is 3.12. The van der Waals surface area contributed by atoms with Crippen molar-refractivity contribution >= 4 is 17.6 Å². The summed E-state index contributed by atoms with van der Waals surface area (Å²) in [5.74, 6) is -0.419. The standard InChI is InChI=1S/C21H20N2O4/c1-14(20(24)23-12-11-17-5-3-4-6-19(17)23)27-21(25)15(2)26-18-9-7-16(13-22)8-10-18/h3-10,14-15H,11-12H2,1-2H3/t14-,15+/m0/s1. The van der Waals surface area contributed by atoms with Crippen molar-refractivity contribution in [3.8, 4) is 11.8 Å². The number of anilines is 1. The van der Waals surface area contributed by atoms with Crippen molar-refractivity contribution in [2.24, 2.45) is 0 Å². The lowest BCUT2D eigenvalue weighted by molar-refractivity contribution is -0.160. The molecule has 6 nitrogen and oxygen atoms in total. The smallest absolute Gasteiger partial charge is 0.347 e. The first kappa shape index (κ1) is 18.5. The van der Waals surface area contributed by atoms with Gasteiger partial charge in [-0.2, -0.15) is 5.26 Å². The van der Waals surface area contributed by atoms with Crippen LogP contribution in [0.25, 0.3) is 0 Å². The van der Waals surface area contributed by atoms with Gasteiger partial charge in [-0.1, -0.05) is 18.2 Å². The maximum atomic E-state index is 12.7. The molecule has 138 valence electrons.